The van der Waals surface area contributed by atoms with E-state index in [1.54, 1.807) is 20.8 Å². The number of benzene rings is 1. The van der Waals surface area contributed by atoms with Gasteiger partial charge in [0.05, 0.1) is 17.1 Å². The minimum atomic E-state index is -0.594. The van der Waals surface area contributed by atoms with Gasteiger partial charge in [0.25, 0.3) is 0 Å². The van der Waals surface area contributed by atoms with Gasteiger partial charge < -0.3 is 9.84 Å². The Morgan fingerprint density at radius 1 is 1.30 bits per heavy atom. The van der Waals surface area contributed by atoms with Crippen molar-refractivity contribution < 1.29 is 23.8 Å². The zero-order chi connectivity index (χ0) is 15.3. The lowest BCUT2D eigenvalue weighted by Crippen LogP contribution is -2.25. The topological polar surface area (TPSA) is 63.6 Å². The molecule has 1 N–H and O–H groups in total. The summed E-state index contributed by atoms with van der Waals surface area (Å²) >= 11 is 1.06. The molecule has 0 aliphatic rings. The van der Waals surface area contributed by atoms with Crippen LogP contribution in [0, 0.1) is 5.82 Å². The highest BCUT2D eigenvalue weighted by molar-refractivity contribution is 8.00. The molecule has 4 nitrogen and oxygen atoms in total. The van der Waals surface area contributed by atoms with Crippen LogP contribution in [0.25, 0.3) is 0 Å². The van der Waals surface area contributed by atoms with E-state index in [0.717, 1.165) is 30.0 Å². The van der Waals surface area contributed by atoms with E-state index in [4.69, 9.17) is 4.74 Å². The molecule has 0 aliphatic heterocycles. The van der Waals surface area contributed by atoms with Gasteiger partial charge in [0.2, 0.25) is 0 Å². The molecule has 1 rings (SSSR count). The van der Waals surface area contributed by atoms with Gasteiger partial charge in [0.15, 0.2) is 5.78 Å². The standard InChI is InChI=1S/C14H17FO4S/c1-14(2,3)19-13(18)8-20-7-12(17)10-6-9(15)4-5-11(10)16/h4-6,16H,7-8H2,1-3H3. The fourth-order valence-corrected chi connectivity index (χ4v) is 2.08. The van der Waals surface area contributed by atoms with E-state index in [9.17, 15) is 19.1 Å². The third-order valence-corrected chi connectivity index (χ3v) is 3.04. The molecule has 0 saturated carbocycles. The lowest BCUT2D eigenvalue weighted by Gasteiger charge is -2.19. The average Bonchev–Trinajstić information content (AvgIpc) is 2.29. The number of Topliss-reactive ketones (excluding diaryl/α,β-unsaturated/α-hetero) is 1. The maximum Gasteiger partial charge on any atom is 0.316 e. The van der Waals surface area contributed by atoms with Gasteiger partial charge in [-0.3, -0.25) is 9.59 Å². The van der Waals surface area contributed by atoms with Crippen molar-refractivity contribution in [2.75, 3.05) is 11.5 Å². The van der Waals surface area contributed by atoms with Gasteiger partial charge in [0, 0.05) is 0 Å². The molecule has 0 saturated heterocycles. The van der Waals surface area contributed by atoms with Crippen LogP contribution in [-0.2, 0) is 9.53 Å². The van der Waals surface area contributed by atoms with Gasteiger partial charge >= 0.3 is 5.97 Å². The van der Waals surface area contributed by atoms with Crippen molar-refractivity contribution in [3.63, 3.8) is 0 Å². The van der Waals surface area contributed by atoms with E-state index in [1.807, 2.05) is 0 Å². The summed E-state index contributed by atoms with van der Waals surface area (Å²) < 4.78 is 18.1. The van der Waals surface area contributed by atoms with Crippen molar-refractivity contribution >= 4 is 23.5 Å². The molecule has 0 bridgehead atoms. The summed E-state index contributed by atoms with van der Waals surface area (Å²) in [4.78, 5) is 23.2. The Bertz CT molecular complexity index is 508. The zero-order valence-electron chi connectivity index (χ0n) is 11.6. The SMILES string of the molecule is CC(C)(C)OC(=O)CSCC(=O)c1cc(F)ccc1O. The highest BCUT2D eigenvalue weighted by Gasteiger charge is 2.17. The highest BCUT2D eigenvalue weighted by atomic mass is 32.2. The number of ether oxygens (including phenoxy) is 1. The number of rotatable bonds is 5. The van der Waals surface area contributed by atoms with Gasteiger partial charge in [-0.15, -0.1) is 11.8 Å². The molecule has 0 radical (unpaired) electrons. The van der Waals surface area contributed by atoms with Crippen LogP contribution in [0.5, 0.6) is 5.75 Å². The van der Waals surface area contributed by atoms with Crippen LogP contribution < -0.4 is 0 Å². The minimum absolute atomic E-state index is 0.0269. The van der Waals surface area contributed by atoms with E-state index >= 15 is 0 Å². The maximum atomic E-state index is 13.0. The molecule has 0 fully saturated rings. The first kappa shape index (κ1) is 16.5. The van der Waals surface area contributed by atoms with Crippen LogP contribution in [0.15, 0.2) is 18.2 Å². The second kappa shape index (κ2) is 6.74. The molecule has 110 valence electrons. The molecule has 1 aromatic carbocycles. The second-order valence-corrected chi connectivity index (χ2v) is 6.15. The number of hydrogen-bond acceptors (Lipinski definition) is 5. The zero-order valence-corrected chi connectivity index (χ0v) is 12.4. The summed E-state index contributed by atoms with van der Waals surface area (Å²) in [6.07, 6.45) is 0. The van der Waals surface area contributed by atoms with Crippen molar-refractivity contribution in [1.82, 2.24) is 0 Å². The third kappa shape index (κ3) is 5.61. The van der Waals surface area contributed by atoms with Gasteiger partial charge in [0.1, 0.15) is 17.2 Å². The fourth-order valence-electron chi connectivity index (χ4n) is 1.41. The third-order valence-electron chi connectivity index (χ3n) is 2.13. The quantitative estimate of drug-likeness (QED) is 0.669. The number of phenolic OH excluding ortho intramolecular Hbond substituents is 1. The van der Waals surface area contributed by atoms with Gasteiger partial charge in [-0.25, -0.2) is 4.39 Å². The molecule has 0 atom stereocenters. The smallest absolute Gasteiger partial charge is 0.316 e. The molecule has 20 heavy (non-hydrogen) atoms. The second-order valence-electron chi connectivity index (χ2n) is 5.16. The average molecular weight is 300 g/mol. The molecule has 0 unspecified atom stereocenters. The Kier molecular flexibility index (Phi) is 5.56. The first-order valence-corrected chi connectivity index (χ1v) is 7.16. The molecule has 0 aliphatic carbocycles. The summed E-state index contributed by atoms with van der Waals surface area (Å²) in [5, 5.41) is 9.48. The lowest BCUT2D eigenvalue weighted by molar-refractivity contribution is -0.151. The number of hydrogen-bond donors (Lipinski definition) is 1. The van der Waals surface area contributed by atoms with Crippen molar-refractivity contribution in [3.8, 4) is 5.75 Å². The Balaban J connectivity index is 2.48. The molecule has 0 spiro atoms. The van der Waals surface area contributed by atoms with E-state index in [-0.39, 0.29) is 22.8 Å². The van der Waals surface area contributed by atoms with Crippen molar-refractivity contribution in [2.24, 2.45) is 0 Å². The number of ketones is 1. The predicted molar refractivity (Wildman–Crippen MR) is 75.6 cm³/mol. The van der Waals surface area contributed by atoms with Gasteiger partial charge in [-0.1, -0.05) is 0 Å². The minimum Gasteiger partial charge on any atom is -0.507 e. The Labute approximate surface area is 121 Å². The Morgan fingerprint density at radius 2 is 1.95 bits per heavy atom. The van der Waals surface area contributed by atoms with E-state index in [2.05, 4.69) is 0 Å². The maximum absolute atomic E-state index is 13.0. The number of halogens is 1. The number of esters is 1. The highest BCUT2D eigenvalue weighted by Crippen LogP contribution is 2.20. The molecule has 0 heterocycles. The van der Waals surface area contributed by atoms with Crippen LogP contribution in [0.1, 0.15) is 31.1 Å². The lowest BCUT2D eigenvalue weighted by atomic mass is 10.1. The van der Waals surface area contributed by atoms with Crippen LogP contribution in [0.2, 0.25) is 0 Å². The largest absolute Gasteiger partial charge is 0.507 e. The molecular formula is C14H17FO4S. The number of thioether (sulfide) groups is 1. The summed E-state index contributed by atoms with van der Waals surface area (Å²) in [7, 11) is 0. The van der Waals surface area contributed by atoms with E-state index < -0.39 is 23.2 Å². The van der Waals surface area contributed by atoms with Crippen LogP contribution in [0.4, 0.5) is 4.39 Å². The molecule has 0 aromatic heterocycles. The Morgan fingerprint density at radius 3 is 2.55 bits per heavy atom. The van der Waals surface area contributed by atoms with Crippen LogP contribution >= 0.6 is 11.8 Å². The predicted octanol–water partition coefficient (Wildman–Crippen LogP) is 2.79. The Hall–Kier alpha value is -1.56. The van der Waals surface area contributed by atoms with Crippen LogP contribution in [-0.4, -0.2) is 34.0 Å². The van der Waals surface area contributed by atoms with E-state index in [0.29, 0.717) is 0 Å². The van der Waals surface area contributed by atoms with Crippen LogP contribution in [0.3, 0.4) is 0 Å². The number of phenols is 1. The molecule has 0 amide bonds. The number of carbonyl (C=O) groups is 2. The monoisotopic (exact) mass is 300 g/mol. The molecule has 6 heteroatoms. The summed E-state index contributed by atoms with van der Waals surface area (Å²) in [5.74, 6) is -1.72. The molecule has 1 aromatic rings. The number of carbonyl (C=O) groups excluding carboxylic acids is 2. The normalized spacial score (nSPS) is 11.2. The summed E-state index contributed by atoms with van der Waals surface area (Å²) in [5.41, 5.74) is -0.649. The van der Waals surface area contributed by atoms with Gasteiger partial charge in [-0.2, -0.15) is 0 Å². The molecular weight excluding hydrogens is 283 g/mol. The first-order valence-electron chi connectivity index (χ1n) is 6.00. The summed E-state index contributed by atoms with van der Waals surface area (Å²) in [6.45, 7) is 5.27. The van der Waals surface area contributed by atoms with Crippen molar-refractivity contribution in [3.05, 3.63) is 29.6 Å². The number of aromatic hydroxyl groups is 1. The first-order chi connectivity index (χ1) is 9.19. The van der Waals surface area contributed by atoms with Crippen molar-refractivity contribution in [1.29, 1.82) is 0 Å². The fraction of sp³-hybridized carbons (Fsp3) is 0.429. The van der Waals surface area contributed by atoms with E-state index in [1.165, 1.54) is 0 Å². The van der Waals surface area contributed by atoms with Gasteiger partial charge in [-0.05, 0) is 39.0 Å². The summed E-state index contributed by atoms with van der Waals surface area (Å²) in [6, 6.07) is 3.17. The van der Waals surface area contributed by atoms with Crippen molar-refractivity contribution in [2.45, 2.75) is 26.4 Å².